The van der Waals surface area contributed by atoms with Crippen LogP contribution in [0.4, 0.5) is 0 Å². The fraction of sp³-hybridized carbons (Fsp3) is 0.857. The molecule has 0 radical (unpaired) electrons. The molecule has 0 aromatic carbocycles. The van der Waals surface area contributed by atoms with Crippen LogP contribution in [0.3, 0.4) is 0 Å². The molecule has 20 heavy (non-hydrogen) atoms. The molecule has 2 aliphatic rings. The van der Waals surface area contributed by atoms with Gasteiger partial charge in [-0.05, 0) is 33.0 Å². The second-order valence-corrected chi connectivity index (χ2v) is 5.78. The lowest BCUT2D eigenvalue weighted by Gasteiger charge is -2.36. The molecule has 114 valence electrons. The van der Waals surface area contributed by atoms with Gasteiger partial charge in [-0.1, -0.05) is 0 Å². The molecule has 2 aliphatic heterocycles. The first-order valence-corrected chi connectivity index (χ1v) is 7.52. The zero-order valence-corrected chi connectivity index (χ0v) is 12.6. The Morgan fingerprint density at radius 2 is 1.65 bits per heavy atom. The highest BCUT2D eigenvalue weighted by atomic mass is 16.2. The van der Waals surface area contributed by atoms with Crippen molar-refractivity contribution in [2.45, 2.75) is 25.8 Å². The summed E-state index contributed by atoms with van der Waals surface area (Å²) in [5.41, 5.74) is 0. The molecule has 2 heterocycles. The van der Waals surface area contributed by atoms with Crippen LogP contribution in [0.25, 0.3) is 0 Å². The van der Waals surface area contributed by atoms with Crippen molar-refractivity contribution in [3.05, 3.63) is 0 Å². The summed E-state index contributed by atoms with van der Waals surface area (Å²) in [6, 6.07) is 0.513. The second kappa shape index (κ2) is 7.04. The monoisotopic (exact) mass is 282 g/mol. The second-order valence-electron chi connectivity index (χ2n) is 5.78. The van der Waals surface area contributed by atoms with Gasteiger partial charge >= 0.3 is 0 Å². The number of hydrogen-bond donors (Lipinski definition) is 1. The van der Waals surface area contributed by atoms with Gasteiger partial charge in [0.05, 0.1) is 6.54 Å². The van der Waals surface area contributed by atoms with Crippen LogP contribution in [0.5, 0.6) is 0 Å². The van der Waals surface area contributed by atoms with Crippen LogP contribution < -0.4 is 5.32 Å². The third kappa shape index (κ3) is 3.93. The van der Waals surface area contributed by atoms with Crippen LogP contribution in [0, 0.1) is 0 Å². The van der Waals surface area contributed by atoms with Gasteiger partial charge in [0.15, 0.2) is 0 Å². The Hall–Kier alpha value is -1.14. The van der Waals surface area contributed by atoms with Crippen LogP contribution in [-0.2, 0) is 9.59 Å². The predicted octanol–water partition coefficient (Wildman–Crippen LogP) is -0.639. The van der Waals surface area contributed by atoms with Crippen LogP contribution in [0.2, 0.25) is 0 Å². The van der Waals surface area contributed by atoms with E-state index in [2.05, 4.69) is 10.2 Å². The maximum Gasteiger partial charge on any atom is 0.236 e. The van der Waals surface area contributed by atoms with E-state index in [0.717, 1.165) is 25.9 Å². The van der Waals surface area contributed by atoms with Crippen LogP contribution in [-0.4, -0.2) is 85.4 Å². The molecule has 0 spiro atoms. The van der Waals surface area contributed by atoms with E-state index in [1.807, 2.05) is 11.9 Å². The molecule has 0 saturated carbocycles. The lowest BCUT2D eigenvalue weighted by Crippen LogP contribution is -2.53. The van der Waals surface area contributed by atoms with E-state index in [1.54, 1.807) is 11.8 Å². The smallest absolute Gasteiger partial charge is 0.236 e. The molecule has 0 atom stereocenters. The first kappa shape index (κ1) is 15.3. The third-order valence-electron chi connectivity index (χ3n) is 4.39. The van der Waals surface area contributed by atoms with Crippen LogP contribution in [0.1, 0.15) is 19.8 Å². The Kier molecular flexibility index (Phi) is 5.37. The highest BCUT2D eigenvalue weighted by Crippen LogP contribution is 2.10. The first-order valence-electron chi connectivity index (χ1n) is 7.52. The minimum Gasteiger partial charge on any atom is -0.339 e. The summed E-state index contributed by atoms with van der Waals surface area (Å²) < 4.78 is 0. The maximum absolute atomic E-state index is 12.3. The zero-order chi connectivity index (χ0) is 14.5. The molecule has 0 aromatic rings. The van der Waals surface area contributed by atoms with Crippen molar-refractivity contribution in [1.82, 2.24) is 20.0 Å². The van der Waals surface area contributed by atoms with Crippen molar-refractivity contribution in [2.75, 3.05) is 52.9 Å². The van der Waals surface area contributed by atoms with E-state index in [-0.39, 0.29) is 11.8 Å². The maximum atomic E-state index is 12.3. The highest BCUT2D eigenvalue weighted by Gasteiger charge is 2.25. The van der Waals surface area contributed by atoms with Crippen molar-refractivity contribution in [2.24, 2.45) is 0 Å². The fourth-order valence-electron chi connectivity index (χ4n) is 2.96. The molecule has 2 fully saturated rings. The van der Waals surface area contributed by atoms with Crippen molar-refractivity contribution in [3.63, 3.8) is 0 Å². The van der Waals surface area contributed by atoms with E-state index >= 15 is 0 Å². The van der Waals surface area contributed by atoms with Crippen LogP contribution >= 0.6 is 0 Å². The Bertz CT molecular complexity index is 347. The summed E-state index contributed by atoms with van der Waals surface area (Å²) in [6.07, 6.45) is 2.23. The molecule has 2 saturated heterocycles. The summed E-state index contributed by atoms with van der Waals surface area (Å²) in [5.74, 6) is 0.290. The van der Waals surface area contributed by atoms with E-state index < -0.39 is 0 Å². The third-order valence-corrected chi connectivity index (χ3v) is 4.39. The van der Waals surface area contributed by atoms with Crippen LogP contribution in [0.15, 0.2) is 0 Å². The Labute approximate surface area is 121 Å². The molecule has 2 amide bonds. The Morgan fingerprint density at radius 3 is 2.20 bits per heavy atom. The van der Waals surface area contributed by atoms with Gasteiger partial charge in [-0.15, -0.1) is 0 Å². The molecule has 0 bridgehead atoms. The number of carbonyl (C=O) groups is 2. The van der Waals surface area contributed by atoms with Gasteiger partial charge in [0, 0.05) is 39.1 Å². The van der Waals surface area contributed by atoms with Crippen molar-refractivity contribution >= 4 is 11.8 Å². The number of rotatable bonds is 3. The molecule has 0 aromatic heterocycles. The first-order chi connectivity index (χ1) is 9.58. The van der Waals surface area contributed by atoms with Gasteiger partial charge in [0.1, 0.15) is 0 Å². The summed E-state index contributed by atoms with van der Waals surface area (Å²) >= 11 is 0. The standard InChI is InChI=1S/C14H26N4O2/c1-12(19)17-7-9-18(10-8-17)14(20)11-16(2)13-3-5-15-6-4-13/h13,15H,3-11H2,1-2H3. The minimum atomic E-state index is 0.101. The minimum absolute atomic E-state index is 0.101. The molecule has 6 heteroatoms. The van der Waals surface area contributed by atoms with Crippen molar-refractivity contribution < 1.29 is 9.59 Å². The number of nitrogens with zero attached hydrogens (tertiary/aromatic N) is 3. The van der Waals surface area contributed by atoms with E-state index in [9.17, 15) is 9.59 Å². The van der Waals surface area contributed by atoms with E-state index in [1.165, 1.54) is 0 Å². The quantitative estimate of drug-likeness (QED) is 0.748. The van der Waals surface area contributed by atoms with E-state index in [4.69, 9.17) is 0 Å². The number of amides is 2. The molecule has 1 N–H and O–H groups in total. The van der Waals surface area contributed by atoms with Gasteiger partial charge in [-0.25, -0.2) is 0 Å². The lowest BCUT2D eigenvalue weighted by atomic mass is 10.1. The van der Waals surface area contributed by atoms with E-state index in [0.29, 0.717) is 38.8 Å². The molecule has 0 aliphatic carbocycles. The topological polar surface area (TPSA) is 55.9 Å². The summed E-state index contributed by atoms with van der Waals surface area (Å²) in [7, 11) is 2.04. The molecule has 2 rings (SSSR count). The number of piperazine rings is 1. The molecular weight excluding hydrogens is 256 g/mol. The molecule has 0 unspecified atom stereocenters. The SMILES string of the molecule is CC(=O)N1CCN(C(=O)CN(C)C2CCNCC2)CC1. The summed E-state index contributed by atoms with van der Waals surface area (Å²) in [4.78, 5) is 29.4. The molecular formula is C14H26N4O2. The number of nitrogens with one attached hydrogen (secondary N) is 1. The Balaban J connectivity index is 1.76. The summed E-state index contributed by atoms with van der Waals surface area (Å²) in [6.45, 7) is 6.82. The highest BCUT2D eigenvalue weighted by molar-refractivity contribution is 5.79. The average molecular weight is 282 g/mol. The van der Waals surface area contributed by atoms with Gasteiger partial charge < -0.3 is 15.1 Å². The molecule has 6 nitrogen and oxygen atoms in total. The zero-order valence-electron chi connectivity index (χ0n) is 12.6. The average Bonchev–Trinajstić information content (AvgIpc) is 2.48. The summed E-state index contributed by atoms with van der Waals surface area (Å²) in [5, 5.41) is 3.34. The van der Waals surface area contributed by atoms with Gasteiger partial charge in [0.2, 0.25) is 11.8 Å². The fourth-order valence-corrected chi connectivity index (χ4v) is 2.96. The van der Waals surface area contributed by atoms with Gasteiger partial charge in [0.25, 0.3) is 0 Å². The number of hydrogen-bond acceptors (Lipinski definition) is 4. The lowest BCUT2D eigenvalue weighted by molar-refractivity contribution is -0.139. The van der Waals surface area contributed by atoms with Gasteiger partial charge in [-0.2, -0.15) is 0 Å². The van der Waals surface area contributed by atoms with Gasteiger partial charge in [-0.3, -0.25) is 14.5 Å². The number of piperidine rings is 1. The predicted molar refractivity (Wildman–Crippen MR) is 77.4 cm³/mol. The largest absolute Gasteiger partial charge is 0.339 e. The normalized spacial score (nSPS) is 21.4. The number of carbonyl (C=O) groups excluding carboxylic acids is 2. The Morgan fingerprint density at radius 1 is 1.10 bits per heavy atom. The van der Waals surface area contributed by atoms with Crippen molar-refractivity contribution in [1.29, 1.82) is 0 Å². The number of likely N-dealkylation sites (N-methyl/N-ethyl adjacent to an activating group) is 1. The van der Waals surface area contributed by atoms with Crippen molar-refractivity contribution in [3.8, 4) is 0 Å².